The van der Waals surface area contributed by atoms with E-state index < -0.39 is 10.0 Å². The molecule has 3 aromatic rings. The number of aryl methyl sites for hydroxylation is 3. The number of carbonyl (C=O) groups is 1. The third-order valence-corrected chi connectivity index (χ3v) is 8.92. The van der Waals surface area contributed by atoms with E-state index in [0.29, 0.717) is 26.1 Å². The van der Waals surface area contributed by atoms with Crippen molar-refractivity contribution in [3.8, 4) is 0 Å². The smallest absolute Gasteiger partial charge is 0.240 e. The lowest BCUT2D eigenvalue weighted by Crippen LogP contribution is -2.52. The average Bonchev–Trinajstić information content (AvgIpc) is 3.04. The van der Waals surface area contributed by atoms with Crippen molar-refractivity contribution in [2.75, 3.05) is 19.6 Å². The van der Waals surface area contributed by atoms with Gasteiger partial charge in [0.25, 0.3) is 0 Å². The number of piperidine rings is 1. The van der Waals surface area contributed by atoms with Crippen LogP contribution in [0.2, 0.25) is 0 Å². The summed E-state index contributed by atoms with van der Waals surface area (Å²) in [5, 5.41) is 6.44. The van der Waals surface area contributed by atoms with Crippen molar-refractivity contribution in [1.29, 1.82) is 0 Å². The van der Waals surface area contributed by atoms with Gasteiger partial charge in [-0.1, -0.05) is 66.2 Å². The van der Waals surface area contributed by atoms with Crippen LogP contribution in [0.4, 0.5) is 0 Å². The molecule has 2 atom stereocenters. The van der Waals surface area contributed by atoms with Gasteiger partial charge in [0.1, 0.15) is 0 Å². The molecule has 188 valence electrons. The Labute approximate surface area is 213 Å². The Balaban J connectivity index is 1.26. The fourth-order valence-corrected chi connectivity index (χ4v) is 6.69. The summed E-state index contributed by atoms with van der Waals surface area (Å²) in [5.74, 6) is -0.252. The molecule has 1 saturated heterocycles. The fraction of sp³-hybridized carbons (Fsp3) is 0.345. The third-order valence-electron chi connectivity index (χ3n) is 7.38. The highest BCUT2D eigenvalue weighted by Crippen LogP contribution is 2.34. The second kappa shape index (κ2) is 10.5. The maximum Gasteiger partial charge on any atom is 0.240 e. The molecule has 0 unspecified atom stereocenters. The molecule has 3 N–H and O–H groups in total. The van der Waals surface area contributed by atoms with Gasteiger partial charge < -0.3 is 10.6 Å². The van der Waals surface area contributed by atoms with Gasteiger partial charge in [0.15, 0.2) is 0 Å². The lowest BCUT2D eigenvalue weighted by Gasteiger charge is -2.30. The highest BCUT2D eigenvalue weighted by molar-refractivity contribution is 7.89. The predicted octanol–water partition coefficient (Wildman–Crippen LogP) is 3.30. The zero-order valence-corrected chi connectivity index (χ0v) is 21.4. The van der Waals surface area contributed by atoms with Crippen LogP contribution < -0.4 is 15.4 Å². The Morgan fingerprint density at radius 1 is 0.889 bits per heavy atom. The molecule has 6 nitrogen and oxygen atoms in total. The summed E-state index contributed by atoms with van der Waals surface area (Å²) < 4.78 is 28.5. The first-order chi connectivity index (χ1) is 17.4. The van der Waals surface area contributed by atoms with E-state index in [1.165, 1.54) is 22.3 Å². The van der Waals surface area contributed by atoms with Crippen LogP contribution in [0.15, 0.2) is 77.7 Å². The summed E-state index contributed by atoms with van der Waals surface area (Å²) in [6.45, 7) is 3.47. The lowest BCUT2D eigenvalue weighted by atomic mass is 9.87. The monoisotopic (exact) mass is 503 g/mol. The largest absolute Gasteiger partial charge is 0.355 e. The van der Waals surface area contributed by atoms with Crippen molar-refractivity contribution in [3.63, 3.8) is 0 Å². The van der Waals surface area contributed by atoms with Crippen LogP contribution in [0.25, 0.3) is 0 Å². The Hall–Kier alpha value is -3.00. The summed E-state index contributed by atoms with van der Waals surface area (Å²) in [7, 11) is -3.65. The minimum atomic E-state index is -3.65. The van der Waals surface area contributed by atoms with Crippen molar-refractivity contribution in [1.82, 2.24) is 15.4 Å². The summed E-state index contributed by atoms with van der Waals surface area (Å²) >= 11 is 0. The van der Waals surface area contributed by atoms with Crippen LogP contribution in [0.3, 0.4) is 0 Å². The molecule has 2 aliphatic rings. The zero-order chi connectivity index (χ0) is 25.1. The first-order valence-corrected chi connectivity index (χ1v) is 14.1. The highest BCUT2D eigenvalue weighted by Gasteiger charge is 2.31. The van der Waals surface area contributed by atoms with Crippen LogP contribution in [-0.4, -0.2) is 40.0 Å². The van der Waals surface area contributed by atoms with Gasteiger partial charge >= 0.3 is 0 Å². The minimum Gasteiger partial charge on any atom is -0.355 e. The van der Waals surface area contributed by atoms with Gasteiger partial charge in [-0.05, 0) is 60.6 Å². The molecule has 1 heterocycles. The molecular weight excluding hydrogens is 470 g/mol. The van der Waals surface area contributed by atoms with Crippen molar-refractivity contribution in [3.05, 3.63) is 101 Å². The fourth-order valence-electron chi connectivity index (χ4n) is 5.44. The average molecular weight is 504 g/mol. The van der Waals surface area contributed by atoms with E-state index in [1.54, 1.807) is 24.3 Å². The van der Waals surface area contributed by atoms with Gasteiger partial charge in [0, 0.05) is 31.6 Å². The number of hydrogen-bond acceptors (Lipinski definition) is 4. The van der Waals surface area contributed by atoms with E-state index in [-0.39, 0.29) is 28.7 Å². The van der Waals surface area contributed by atoms with Gasteiger partial charge in [-0.3, -0.25) is 4.79 Å². The number of carbonyl (C=O) groups excluding carboxylic acids is 1. The van der Waals surface area contributed by atoms with Crippen LogP contribution >= 0.6 is 0 Å². The van der Waals surface area contributed by atoms with Crippen molar-refractivity contribution < 1.29 is 13.2 Å². The number of hydrogen-bond donors (Lipinski definition) is 3. The van der Waals surface area contributed by atoms with Gasteiger partial charge in [-0.25, -0.2) is 13.1 Å². The molecule has 1 fully saturated rings. The molecule has 5 rings (SSSR count). The maximum atomic E-state index is 13.2. The summed E-state index contributed by atoms with van der Waals surface area (Å²) in [6, 6.07) is 23.5. The minimum absolute atomic E-state index is 0.0408. The van der Waals surface area contributed by atoms with Crippen LogP contribution in [0, 0.1) is 12.8 Å². The molecular formula is C29H33N3O3S. The lowest BCUT2D eigenvalue weighted by molar-refractivity contribution is -0.125. The van der Waals surface area contributed by atoms with Crippen molar-refractivity contribution in [2.24, 2.45) is 5.92 Å². The van der Waals surface area contributed by atoms with Crippen LogP contribution in [0.1, 0.15) is 40.2 Å². The predicted molar refractivity (Wildman–Crippen MR) is 141 cm³/mol. The Bertz CT molecular complexity index is 1290. The SMILES string of the molecule is Cc1ccc(S(=O)(=O)N[C@H]2CNC[C@@H](C(=O)NCC3c4ccccc4CCc4ccccc43)C2)cc1. The van der Waals surface area contributed by atoms with E-state index in [9.17, 15) is 13.2 Å². The van der Waals surface area contributed by atoms with Crippen LogP contribution in [0.5, 0.6) is 0 Å². The Kier molecular flexibility index (Phi) is 7.23. The van der Waals surface area contributed by atoms with Crippen molar-refractivity contribution in [2.45, 2.75) is 43.0 Å². The number of fused-ring (bicyclic) bond motifs is 2. The van der Waals surface area contributed by atoms with Crippen molar-refractivity contribution >= 4 is 15.9 Å². The molecule has 0 aromatic heterocycles. The topological polar surface area (TPSA) is 87.3 Å². The molecule has 36 heavy (non-hydrogen) atoms. The second-order valence-electron chi connectivity index (χ2n) is 9.92. The summed E-state index contributed by atoms with van der Waals surface area (Å²) in [4.78, 5) is 13.5. The van der Waals surface area contributed by atoms with Gasteiger partial charge in [0.2, 0.25) is 15.9 Å². The molecule has 0 bridgehead atoms. The molecule has 1 aliphatic carbocycles. The number of sulfonamides is 1. The Morgan fingerprint density at radius 2 is 1.50 bits per heavy atom. The highest BCUT2D eigenvalue weighted by atomic mass is 32.2. The molecule has 0 saturated carbocycles. The van der Waals surface area contributed by atoms with Gasteiger partial charge in [0.05, 0.1) is 10.8 Å². The molecule has 0 spiro atoms. The molecule has 1 amide bonds. The second-order valence-corrected chi connectivity index (χ2v) is 11.6. The van der Waals surface area contributed by atoms with Gasteiger partial charge in [-0.2, -0.15) is 0 Å². The van der Waals surface area contributed by atoms with E-state index in [1.807, 2.05) is 6.92 Å². The van der Waals surface area contributed by atoms with E-state index in [4.69, 9.17) is 0 Å². The van der Waals surface area contributed by atoms with E-state index in [0.717, 1.165) is 18.4 Å². The van der Waals surface area contributed by atoms with Gasteiger partial charge in [-0.15, -0.1) is 0 Å². The first kappa shape index (κ1) is 24.7. The van der Waals surface area contributed by atoms with E-state index >= 15 is 0 Å². The molecule has 1 aliphatic heterocycles. The Morgan fingerprint density at radius 3 is 2.14 bits per heavy atom. The van der Waals surface area contributed by atoms with E-state index in [2.05, 4.69) is 63.9 Å². The number of nitrogens with one attached hydrogen (secondary N) is 3. The van der Waals surface area contributed by atoms with Crippen LogP contribution in [-0.2, 0) is 27.7 Å². The quantitative estimate of drug-likeness (QED) is 0.482. The normalized spacial score (nSPS) is 20.1. The number of amides is 1. The number of rotatable bonds is 6. The molecule has 0 radical (unpaired) electrons. The molecule has 7 heteroatoms. The maximum absolute atomic E-state index is 13.2. The standard InChI is InChI=1S/C29H33N3O3S/c1-20-10-14-25(15-11-20)36(34,35)32-24-16-23(17-30-18-24)29(33)31-19-28-26-8-4-2-6-21(26)12-13-22-7-3-5-9-27(22)28/h2-11,14-15,23-24,28,30,32H,12-13,16-19H2,1H3,(H,31,33)/t23-,24+/m0/s1. The molecule has 3 aromatic carbocycles. The first-order valence-electron chi connectivity index (χ1n) is 12.6. The number of benzene rings is 3. The summed E-state index contributed by atoms with van der Waals surface area (Å²) in [6.07, 6.45) is 2.45. The zero-order valence-electron chi connectivity index (χ0n) is 20.5. The summed E-state index contributed by atoms with van der Waals surface area (Å²) in [5.41, 5.74) is 6.21. The third kappa shape index (κ3) is 5.38.